The second-order valence-electron chi connectivity index (χ2n) is 5.02. The highest BCUT2D eigenvalue weighted by Gasteiger charge is 2.11. The molecule has 0 aliphatic heterocycles. The zero-order chi connectivity index (χ0) is 14.1. The summed E-state index contributed by atoms with van der Waals surface area (Å²) in [4.78, 5) is 0. The lowest BCUT2D eigenvalue weighted by molar-refractivity contribution is 0.477. The summed E-state index contributed by atoms with van der Waals surface area (Å²) >= 11 is 0. The van der Waals surface area contributed by atoms with Gasteiger partial charge in [0, 0.05) is 5.56 Å². The number of rotatable bonds is 2. The third-order valence-corrected chi connectivity index (χ3v) is 3.25. The SMILES string of the molecule is Cc1cccc(-c2nn(-c3cccc(C)c3)cc2O)c1. The van der Waals surface area contributed by atoms with E-state index in [1.165, 1.54) is 0 Å². The largest absolute Gasteiger partial charge is 0.504 e. The number of benzene rings is 2. The first-order valence-electron chi connectivity index (χ1n) is 6.56. The van der Waals surface area contributed by atoms with E-state index in [1.807, 2.05) is 62.4 Å². The van der Waals surface area contributed by atoms with E-state index in [1.54, 1.807) is 10.9 Å². The van der Waals surface area contributed by atoms with Crippen molar-refractivity contribution < 1.29 is 5.11 Å². The van der Waals surface area contributed by atoms with Gasteiger partial charge >= 0.3 is 0 Å². The first-order chi connectivity index (χ1) is 9.63. The van der Waals surface area contributed by atoms with Crippen LogP contribution in [0.5, 0.6) is 5.75 Å². The molecule has 0 spiro atoms. The fourth-order valence-corrected chi connectivity index (χ4v) is 2.27. The molecule has 0 radical (unpaired) electrons. The number of hydrogen-bond acceptors (Lipinski definition) is 2. The van der Waals surface area contributed by atoms with E-state index >= 15 is 0 Å². The van der Waals surface area contributed by atoms with Crippen molar-refractivity contribution >= 4 is 0 Å². The lowest BCUT2D eigenvalue weighted by Gasteiger charge is -2.02. The van der Waals surface area contributed by atoms with Crippen molar-refractivity contribution in [2.24, 2.45) is 0 Å². The van der Waals surface area contributed by atoms with Crippen LogP contribution in [-0.2, 0) is 0 Å². The van der Waals surface area contributed by atoms with E-state index < -0.39 is 0 Å². The van der Waals surface area contributed by atoms with E-state index in [9.17, 15) is 5.11 Å². The normalized spacial score (nSPS) is 10.7. The standard InChI is InChI=1S/C17H16N2O/c1-12-5-3-7-14(9-12)17-16(20)11-19(18-17)15-8-4-6-13(2)10-15/h3-11,20H,1-2H3. The Morgan fingerprint density at radius 1 is 0.950 bits per heavy atom. The summed E-state index contributed by atoms with van der Waals surface area (Å²) in [6.45, 7) is 4.06. The second kappa shape index (κ2) is 4.85. The molecule has 0 aliphatic rings. The molecule has 1 heterocycles. The number of nitrogens with zero attached hydrogens (tertiary/aromatic N) is 2. The van der Waals surface area contributed by atoms with Gasteiger partial charge in [-0.2, -0.15) is 5.10 Å². The maximum atomic E-state index is 10.1. The van der Waals surface area contributed by atoms with E-state index in [0.717, 1.165) is 22.4 Å². The molecule has 0 amide bonds. The Kier molecular flexibility index (Phi) is 3.03. The summed E-state index contributed by atoms with van der Waals surface area (Å²) in [5, 5.41) is 14.6. The molecule has 20 heavy (non-hydrogen) atoms. The quantitative estimate of drug-likeness (QED) is 0.763. The molecule has 0 atom stereocenters. The highest BCUT2D eigenvalue weighted by atomic mass is 16.3. The summed E-state index contributed by atoms with van der Waals surface area (Å²) in [5.74, 6) is 0.192. The summed E-state index contributed by atoms with van der Waals surface area (Å²) in [6.07, 6.45) is 1.65. The van der Waals surface area contributed by atoms with Gasteiger partial charge in [0.1, 0.15) is 5.69 Å². The third-order valence-electron chi connectivity index (χ3n) is 3.25. The molecule has 3 aromatic rings. The van der Waals surface area contributed by atoms with Crippen LogP contribution in [0.4, 0.5) is 0 Å². The lowest BCUT2D eigenvalue weighted by atomic mass is 10.1. The van der Waals surface area contributed by atoms with Crippen LogP contribution in [0, 0.1) is 13.8 Å². The van der Waals surface area contributed by atoms with Gasteiger partial charge in [-0.05, 0) is 37.6 Å². The van der Waals surface area contributed by atoms with Crippen molar-refractivity contribution in [3.63, 3.8) is 0 Å². The van der Waals surface area contributed by atoms with Crippen LogP contribution in [0.25, 0.3) is 16.9 Å². The molecule has 1 aromatic heterocycles. The van der Waals surface area contributed by atoms with Crippen molar-refractivity contribution in [2.75, 3.05) is 0 Å². The maximum absolute atomic E-state index is 10.1. The molecule has 0 unspecified atom stereocenters. The molecule has 0 fully saturated rings. The molecule has 100 valence electrons. The van der Waals surface area contributed by atoms with Gasteiger partial charge in [0.15, 0.2) is 5.75 Å². The van der Waals surface area contributed by atoms with Gasteiger partial charge in [-0.1, -0.05) is 35.9 Å². The molecular formula is C17H16N2O. The molecule has 3 heteroatoms. The minimum absolute atomic E-state index is 0.192. The highest BCUT2D eigenvalue weighted by molar-refractivity contribution is 5.66. The smallest absolute Gasteiger partial charge is 0.162 e. The summed E-state index contributed by atoms with van der Waals surface area (Å²) < 4.78 is 1.71. The second-order valence-corrected chi connectivity index (χ2v) is 5.02. The van der Waals surface area contributed by atoms with Crippen molar-refractivity contribution in [3.05, 3.63) is 65.9 Å². The first-order valence-corrected chi connectivity index (χ1v) is 6.56. The molecule has 2 aromatic carbocycles. The van der Waals surface area contributed by atoms with Gasteiger partial charge in [-0.25, -0.2) is 4.68 Å². The van der Waals surface area contributed by atoms with Crippen LogP contribution in [0.2, 0.25) is 0 Å². The predicted octanol–water partition coefficient (Wildman–Crippen LogP) is 3.86. The van der Waals surface area contributed by atoms with E-state index in [2.05, 4.69) is 5.10 Å². The van der Waals surface area contributed by atoms with Crippen LogP contribution in [-0.4, -0.2) is 14.9 Å². The number of aromatic nitrogens is 2. The highest BCUT2D eigenvalue weighted by Crippen LogP contribution is 2.29. The van der Waals surface area contributed by atoms with Gasteiger partial charge in [0.25, 0.3) is 0 Å². The Balaban J connectivity index is 2.08. The summed E-state index contributed by atoms with van der Waals surface area (Å²) in [5.41, 5.74) is 4.78. The van der Waals surface area contributed by atoms with Crippen molar-refractivity contribution in [3.8, 4) is 22.7 Å². The van der Waals surface area contributed by atoms with E-state index in [0.29, 0.717) is 5.69 Å². The van der Waals surface area contributed by atoms with Crippen LogP contribution in [0.1, 0.15) is 11.1 Å². The van der Waals surface area contributed by atoms with Gasteiger partial charge < -0.3 is 5.11 Å². The average molecular weight is 264 g/mol. The lowest BCUT2D eigenvalue weighted by Crippen LogP contribution is -1.95. The fourth-order valence-electron chi connectivity index (χ4n) is 2.27. The Bertz CT molecular complexity index is 759. The Hall–Kier alpha value is -2.55. The third kappa shape index (κ3) is 2.30. The Labute approximate surface area is 118 Å². The fraction of sp³-hybridized carbons (Fsp3) is 0.118. The van der Waals surface area contributed by atoms with Crippen LogP contribution >= 0.6 is 0 Å². The van der Waals surface area contributed by atoms with Crippen LogP contribution < -0.4 is 0 Å². The van der Waals surface area contributed by atoms with Crippen molar-refractivity contribution in [1.29, 1.82) is 0 Å². The Morgan fingerprint density at radius 2 is 1.65 bits per heavy atom. The van der Waals surface area contributed by atoms with Gasteiger partial charge in [-0.3, -0.25) is 0 Å². The van der Waals surface area contributed by atoms with Gasteiger partial charge in [0.05, 0.1) is 11.9 Å². The predicted molar refractivity (Wildman–Crippen MR) is 80.1 cm³/mol. The van der Waals surface area contributed by atoms with E-state index in [4.69, 9.17) is 0 Å². The van der Waals surface area contributed by atoms with Crippen molar-refractivity contribution in [1.82, 2.24) is 9.78 Å². The number of aryl methyl sites for hydroxylation is 2. The average Bonchev–Trinajstić information content (AvgIpc) is 2.81. The van der Waals surface area contributed by atoms with Gasteiger partial charge in [0.2, 0.25) is 0 Å². The number of aromatic hydroxyl groups is 1. The zero-order valence-corrected chi connectivity index (χ0v) is 11.5. The molecule has 0 aliphatic carbocycles. The minimum Gasteiger partial charge on any atom is -0.504 e. The molecule has 0 bridgehead atoms. The Morgan fingerprint density at radius 3 is 2.35 bits per heavy atom. The minimum atomic E-state index is 0.192. The summed E-state index contributed by atoms with van der Waals surface area (Å²) in [7, 11) is 0. The monoisotopic (exact) mass is 264 g/mol. The first kappa shape index (κ1) is 12.5. The topological polar surface area (TPSA) is 38.0 Å². The molecule has 1 N–H and O–H groups in total. The van der Waals surface area contributed by atoms with Gasteiger partial charge in [-0.15, -0.1) is 0 Å². The van der Waals surface area contributed by atoms with Crippen LogP contribution in [0.15, 0.2) is 54.7 Å². The van der Waals surface area contributed by atoms with E-state index in [-0.39, 0.29) is 5.75 Å². The molecular weight excluding hydrogens is 248 g/mol. The number of hydrogen-bond donors (Lipinski definition) is 1. The zero-order valence-electron chi connectivity index (χ0n) is 11.5. The molecule has 0 saturated heterocycles. The maximum Gasteiger partial charge on any atom is 0.162 e. The van der Waals surface area contributed by atoms with Crippen LogP contribution in [0.3, 0.4) is 0 Å². The molecule has 3 rings (SSSR count). The van der Waals surface area contributed by atoms with Crippen molar-refractivity contribution in [2.45, 2.75) is 13.8 Å². The molecule has 3 nitrogen and oxygen atoms in total. The summed E-state index contributed by atoms with van der Waals surface area (Å²) in [6, 6.07) is 16.0. The molecule has 0 saturated carbocycles.